The van der Waals surface area contributed by atoms with Crippen molar-refractivity contribution in [2.45, 2.75) is 105 Å². The highest BCUT2D eigenvalue weighted by molar-refractivity contribution is 6.01. The van der Waals surface area contributed by atoms with Crippen molar-refractivity contribution < 1.29 is 29.6 Å². The molecule has 6 nitrogen and oxygen atoms in total. The molecule has 0 aromatic rings. The molecule has 0 spiro atoms. The zero-order valence-corrected chi connectivity index (χ0v) is 24.5. The second kappa shape index (κ2) is 10.9. The fourth-order valence-corrected chi connectivity index (χ4v) is 7.95. The monoisotopic (exact) mass is 528 g/mol. The first-order valence-corrected chi connectivity index (χ1v) is 14.1. The minimum Gasteiger partial charge on any atom is -0.481 e. The van der Waals surface area contributed by atoms with E-state index in [0.29, 0.717) is 25.9 Å². The van der Waals surface area contributed by atoms with E-state index in [4.69, 9.17) is 4.74 Å². The van der Waals surface area contributed by atoms with Crippen LogP contribution in [0.3, 0.4) is 0 Å². The molecule has 0 heterocycles. The Hall–Kier alpha value is -2.02. The van der Waals surface area contributed by atoms with E-state index in [1.807, 2.05) is 51.2 Å². The summed E-state index contributed by atoms with van der Waals surface area (Å²) < 4.78 is 5.64. The van der Waals surface area contributed by atoms with Gasteiger partial charge in [-0.3, -0.25) is 9.59 Å². The molecular weight excluding hydrogens is 480 g/mol. The lowest BCUT2D eigenvalue weighted by Crippen LogP contribution is -2.61. The maximum absolute atomic E-state index is 13.5. The average Bonchev–Trinajstić information content (AvgIpc) is 3.09. The quantitative estimate of drug-likeness (QED) is 0.272. The van der Waals surface area contributed by atoms with E-state index in [1.54, 1.807) is 20.8 Å². The van der Waals surface area contributed by atoms with E-state index < -0.39 is 29.2 Å². The number of carbonyl (C=O) groups excluding carboxylic acids is 1. The second-order valence-electron chi connectivity index (χ2n) is 13.1. The molecule has 6 heteroatoms. The number of rotatable bonds is 8. The zero-order chi connectivity index (χ0) is 28.7. The Morgan fingerprint density at radius 2 is 1.79 bits per heavy atom. The maximum atomic E-state index is 13.5. The Bertz CT molecular complexity index is 1060. The first-order chi connectivity index (χ1) is 17.5. The lowest BCUT2D eigenvalue weighted by molar-refractivity contribution is -0.194. The molecule has 212 valence electrons. The number of aliphatic hydroxyl groups is 2. The molecule has 0 saturated heterocycles. The topological polar surface area (TPSA) is 104 Å². The molecular formula is C32H48O6. The van der Waals surface area contributed by atoms with Gasteiger partial charge in [-0.25, -0.2) is 0 Å². The van der Waals surface area contributed by atoms with Gasteiger partial charge in [0.25, 0.3) is 0 Å². The highest BCUT2D eigenvalue weighted by atomic mass is 16.5. The van der Waals surface area contributed by atoms with Gasteiger partial charge in [0.1, 0.15) is 6.10 Å². The van der Waals surface area contributed by atoms with Gasteiger partial charge < -0.3 is 20.1 Å². The minimum atomic E-state index is -1.19. The minimum absolute atomic E-state index is 0.0586. The summed E-state index contributed by atoms with van der Waals surface area (Å²) in [5.41, 5.74) is 0.0237. The zero-order valence-electron chi connectivity index (χ0n) is 24.5. The van der Waals surface area contributed by atoms with E-state index in [9.17, 15) is 24.9 Å². The third kappa shape index (κ3) is 5.24. The molecule has 0 aromatic carbocycles. The van der Waals surface area contributed by atoms with Crippen LogP contribution in [0.4, 0.5) is 0 Å². The molecule has 0 aliphatic heterocycles. The number of carboxylic acids is 1. The smallest absolute Gasteiger partial charge is 0.312 e. The van der Waals surface area contributed by atoms with Gasteiger partial charge in [0.2, 0.25) is 0 Å². The molecule has 38 heavy (non-hydrogen) atoms. The predicted molar refractivity (Wildman–Crippen MR) is 149 cm³/mol. The van der Waals surface area contributed by atoms with Crippen molar-refractivity contribution in [3.8, 4) is 0 Å². The number of ketones is 1. The van der Waals surface area contributed by atoms with Crippen LogP contribution in [-0.2, 0) is 14.3 Å². The van der Waals surface area contributed by atoms with Crippen LogP contribution in [-0.4, -0.2) is 51.5 Å². The largest absolute Gasteiger partial charge is 0.481 e. The summed E-state index contributed by atoms with van der Waals surface area (Å²) in [4.78, 5) is 25.8. The summed E-state index contributed by atoms with van der Waals surface area (Å²) in [5.74, 6) is -0.882. The number of aliphatic carboxylic acids is 1. The molecule has 0 bridgehead atoms. The number of carboxylic acid groups (broad SMARTS) is 1. The summed E-state index contributed by atoms with van der Waals surface area (Å²) in [6.07, 6.45) is 11.5. The van der Waals surface area contributed by atoms with Gasteiger partial charge in [-0.05, 0) is 90.0 Å². The lowest BCUT2D eigenvalue weighted by atomic mass is 9.43. The van der Waals surface area contributed by atoms with Crippen molar-refractivity contribution in [2.24, 2.45) is 28.1 Å². The molecule has 3 rings (SSSR count). The molecule has 0 amide bonds. The van der Waals surface area contributed by atoms with Crippen molar-refractivity contribution in [1.82, 2.24) is 0 Å². The number of hydrogen-bond donors (Lipinski definition) is 3. The predicted octanol–water partition coefficient (Wildman–Crippen LogP) is 5.79. The van der Waals surface area contributed by atoms with Crippen LogP contribution >= 0.6 is 0 Å². The van der Waals surface area contributed by atoms with E-state index in [1.165, 1.54) is 0 Å². The van der Waals surface area contributed by atoms with Gasteiger partial charge in [0, 0.05) is 24.0 Å². The van der Waals surface area contributed by atoms with E-state index in [-0.39, 0.29) is 28.4 Å². The van der Waals surface area contributed by atoms with Crippen molar-refractivity contribution in [2.75, 3.05) is 6.61 Å². The van der Waals surface area contributed by atoms with E-state index in [0.717, 1.165) is 29.6 Å². The average molecular weight is 529 g/mol. The summed E-state index contributed by atoms with van der Waals surface area (Å²) in [5, 5.41) is 31.2. The van der Waals surface area contributed by atoms with Crippen LogP contribution in [0.15, 0.2) is 47.1 Å². The van der Waals surface area contributed by atoms with Crippen LogP contribution in [0.2, 0.25) is 0 Å². The van der Waals surface area contributed by atoms with Gasteiger partial charge >= 0.3 is 5.97 Å². The third-order valence-electron chi connectivity index (χ3n) is 10.1. The van der Waals surface area contributed by atoms with Crippen molar-refractivity contribution in [3.63, 3.8) is 0 Å². The number of allylic oxidation sites excluding steroid dienone is 7. The van der Waals surface area contributed by atoms with Gasteiger partial charge in [-0.1, -0.05) is 49.8 Å². The van der Waals surface area contributed by atoms with Crippen LogP contribution in [0.5, 0.6) is 0 Å². The summed E-state index contributed by atoms with van der Waals surface area (Å²) >= 11 is 0. The van der Waals surface area contributed by atoms with Gasteiger partial charge in [0.15, 0.2) is 5.78 Å². The molecule has 0 radical (unpaired) electrons. The summed E-state index contributed by atoms with van der Waals surface area (Å²) in [6, 6.07) is 0. The van der Waals surface area contributed by atoms with Crippen LogP contribution in [0.1, 0.15) is 87.5 Å². The lowest BCUT2D eigenvalue weighted by Gasteiger charge is -2.61. The standard InChI is InChI=1S/C32H48O6/c1-9-38-26(29(4,5)37)14-13-20(2)11-10-12-21(3)27-22(33)19-24-30(6)18-16-25(34)32(8,28(35)36)23(30)15-17-31(24,27)7/h10-14,23-26,34,37H,9,15-19H2,1-8H3,(H,35,36)/b12-10+,14-13+,20-11+,27-21-/t23-,24+,25-,26+,30+,31+,32-/m1/s1. The first-order valence-electron chi connectivity index (χ1n) is 14.1. The number of fused-ring (bicyclic) bond motifs is 3. The number of Topliss-reactive ketones (excluding diaryl/α,β-unsaturated/α-hetero) is 1. The molecule has 3 aliphatic carbocycles. The molecule has 0 aromatic heterocycles. The number of carbonyl (C=O) groups is 2. The third-order valence-corrected chi connectivity index (χ3v) is 10.1. The van der Waals surface area contributed by atoms with Gasteiger partial charge in [-0.15, -0.1) is 0 Å². The van der Waals surface area contributed by atoms with Crippen LogP contribution < -0.4 is 0 Å². The molecule has 0 unspecified atom stereocenters. The van der Waals surface area contributed by atoms with Gasteiger partial charge in [-0.2, -0.15) is 0 Å². The number of aliphatic hydroxyl groups excluding tert-OH is 1. The fraction of sp³-hybridized carbons (Fsp3) is 0.688. The SMILES string of the molecule is CCO[C@@H](/C=C/C(C)=C/C=C/C(C)=C1/C(=O)C[C@H]2[C@@]3(C)CC[C@@H](O)[C@](C)(C(=O)O)[C@@H]3CC[C@]12C)C(C)(C)O. The van der Waals surface area contributed by atoms with Crippen LogP contribution in [0.25, 0.3) is 0 Å². The Morgan fingerprint density at radius 1 is 1.13 bits per heavy atom. The fourth-order valence-electron chi connectivity index (χ4n) is 7.95. The van der Waals surface area contributed by atoms with E-state index >= 15 is 0 Å². The molecule has 3 aliphatic rings. The number of ether oxygens (including phenoxy) is 1. The Kier molecular flexibility index (Phi) is 8.72. The van der Waals surface area contributed by atoms with Crippen molar-refractivity contribution in [1.29, 1.82) is 0 Å². The summed E-state index contributed by atoms with van der Waals surface area (Å²) in [6.45, 7) is 15.9. The molecule has 3 N–H and O–H groups in total. The van der Waals surface area contributed by atoms with Crippen molar-refractivity contribution in [3.05, 3.63) is 47.1 Å². The van der Waals surface area contributed by atoms with E-state index in [2.05, 4.69) is 13.8 Å². The first kappa shape index (κ1) is 30.5. The highest BCUT2D eigenvalue weighted by Crippen LogP contribution is 2.69. The Labute approximate surface area is 228 Å². The maximum Gasteiger partial charge on any atom is 0.312 e. The molecule has 7 atom stereocenters. The Balaban J connectivity index is 1.87. The van der Waals surface area contributed by atoms with Crippen LogP contribution in [0, 0.1) is 28.1 Å². The van der Waals surface area contributed by atoms with Gasteiger partial charge in [0.05, 0.1) is 17.1 Å². The molecule has 3 fully saturated rings. The Morgan fingerprint density at radius 3 is 2.37 bits per heavy atom. The second-order valence-corrected chi connectivity index (χ2v) is 13.1. The van der Waals surface area contributed by atoms with Crippen molar-refractivity contribution >= 4 is 11.8 Å². The normalized spacial score (nSPS) is 38.4. The number of hydrogen-bond acceptors (Lipinski definition) is 5. The summed E-state index contributed by atoms with van der Waals surface area (Å²) in [7, 11) is 0. The highest BCUT2D eigenvalue weighted by Gasteiger charge is 2.67. The molecule has 3 saturated carbocycles.